The molecular formula is C11H14ClNO. The lowest BCUT2D eigenvalue weighted by atomic mass is 9.92. The number of hydrogen-bond donors (Lipinski definition) is 2. The van der Waals surface area contributed by atoms with E-state index >= 15 is 0 Å². The molecule has 2 rings (SSSR count). The van der Waals surface area contributed by atoms with Gasteiger partial charge in [0.25, 0.3) is 0 Å². The maximum Gasteiger partial charge on any atom is 0.137 e. The van der Waals surface area contributed by atoms with Gasteiger partial charge >= 0.3 is 0 Å². The minimum Gasteiger partial charge on any atom is -0.506 e. The Morgan fingerprint density at radius 1 is 1.43 bits per heavy atom. The van der Waals surface area contributed by atoms with Crippen LogP contribution in [0, 0.1) is 0 Å². The zero-order valence-electron chi connectivity index (χ0n) is 7.96. The lowest BCUT2D eigenvalue weighted by Gasteiger charge is -2.16. The minimum atomic E-state index is 0.115. The van der Waals surface area contributed by atoms with E-state index in [2.05, 4.69) is 0 Å². The Labute approximate surface area is 88.7 Å². The summed E-state index contributed by atoms with van der Waals surface area (Å²) in [5, 5.41) is 10.3. The van der Waals surface area contributed by atoms with Gasteiger partial charge in [0.05, 0.1) is 5.02 Å². The molecule has 2 nitrogen and oxygen atoms in total. The molecule has 0 saturated heterocycles. The van der Waals surface area contributed by atoms with Crippen molar-refractivity contribution in [2.24, 2.45) is 5.73 Å². The van der Waals surface area contributed by atoms with Gasteiger partial charge in [-0.3, -0.25) is 0 Å². The van der Waals surface area contributed by atoms with Crippen molar-refractivity contribution in [3.63, 3.8) is 0 Å². The molecule has 3 N–H and O–H groups in total. The van der Waals surface area contributed by atoms with Gasteiger partial charge in [0, 0.05) is 11.0 Å². The van der Waals surface area contributed by atoms with Gasteiger partial charge in [-0.05, 0) is 31.9 Å². The van der Waals surface area contributed by atoms with Crippen molar-refractivity contribution in [3.05, 3.63) is 28.8 Å². The first kappa shape index (κ1) is 9.81. The number of phenolic OH excluding ortho intramolecular Hbond substituents is 1. The molecule has 0 bridgehead atoms. The summed E-state index contributed by atoms with van der Waals surface area (Å²) >= 11 is 5.87. The van der Waals surface area contributed by atoms with Crippen molar-refractivity contribution < 1.29 is 5.11 Å². The second-order valence-corrected chi connectivity index (χ2v) is 4.36. The summed E-state index contributed by atoms with van der Waals surface area (Å²) in [4.78, 5) is 0. The summed E-state index contributed by atoms with van der Waals surface area (Å²) < 4.78 is 0. The SMILES string of the molecule is NCCC1(c2cccc(Cl)c2O)CC1. The fraction of sp³-hybridized carbons (Fsp3) is 0.455. The molecule has 1 aliphatic carbocycles. The smallest absolute Gasteiger partial charge is 0.137 e. The predicted molar refractivity (Wildman–Crippen MR) is 57.7 cm³/mol. The Hall–Kier alpha value is -0.730. The van der Waals surface area contributed by atoms with Gasteiger partial charge in [-0.15, -0.1) is 0 Å². The predicted octanol–water partition coefficient (Wildman–Crippen LogP) is 2.43. The van der Waals surface area contributed by atoms with Crippen LogP contribution in [0.4, 0.5) is 0 Å². The average molecular weight is 212 g/mol. The van der Waals surface area contributed by atoms with E-state index < -0.39 is 0 Å². The van der Waals surface area contributed by atoms with Crippen molar-refractivity contribution in [2.75, 3.05) is 6.54 Å². The number of halogens is 1. The van der Waals surface area contributed by atoms with Gasteiger partial charge in [-0.1, -0.05) is 23.7 Å². The lowest BCUT2D eigenvalue weighted by Crippen LogP contribution is -2.13. The Kier molecular flexibility index (Phi) is 2.41. The summed E-state index contributed by atoms with van der Waals surface area (Å²) in [6, 6.07) is 5.54. The molecule has 76 valence electrons. The average Bonchev–Trinajstić information content (AvgIpc) is 2.91. The van der Waals surface area contributed by atoms with Crippen molar-refractivity contribution >= 4 is 11.6 Å². The molecule has 0 spiro atoms. The summed E-state index contributed by atoms with van der Waals surface area (Å²) in [7, 11) is 0. The van der Waals surface area contributed by atoms with Gasteiger partial charge < -0.3 is 10.8 Å². The lowest BCUT2D eigenvalue weighted by molar-refractivity contribution is 0.455. The molecule has 14 heavy (non-hydrogen) atoms. The van der Waals surface area contributed by atoms with E-state index in [-0.39, 0.29) is 11.2 Å². The topological polar surface area (TPSA) is 46.2 Å². The molecule has 1 aromatic rings. The van der Waals surface area contributed by atoms with E-state index in [1.54, 1.807) is 6.07 Å². The fourth-order valence-corrected chi connectivity index (χ4v) is 2.20. The molecule has 1 saturated carbocycles. The normalized spacial score (nSPS) is 18.1. The van der Waals surface area contributed by atoms with E-state index in [0.29, 0.717) is 11.6 Å². The van der Waals surface area contributed by atoms with E-state index in [9.17, 15) is 5.11 Å². The molecule has 1 aromatic carbocycles. The van der Waals surface area contributed by atoms with Crippen LogP contribution in [0.3, 0.4) is 0 Å². The van der Waals surface area contributed by atoms with Crippen LogP contribution in [0.15, 0.2) is 18.2 Å². The van der Waals surface area contributed by atoms with Crippen molar-refractivity contribution in [1.82, 2.24) is 0 Å². The highest BCUT2D eigenvalue weighted by Crippen LogP contribution is 2.54. The molecule has 0 atom stereocenters. The Morgan fingerprint density at radius 3 is 2.71 bits per heavy atom. The number of phenols is 1. The molecule has 0 aromatic heterocycles. The van der Waals surface area contributed by atoms with Crippen LogP contribution in [0.2, 0.25) is 5.02 Å². The third-order valence-electron chi connectivity index (χ3n) is 3.03. The first-order chi connectivity index (χ1) is 6.69. The van der Waals surface area contributed by atoms with Crippen LogP contribution in [0.25, 0.3) is 0 Å². The van der Waals surface area contributed by atoms with Crippen LogP contribution >= 0.6 is 11.6 Å². The van der Waals surface area contributed by atoms with Crippen molar-refractivity contribution in [2.45, 2.75) is 24.7 Å². The second-order valence-electron chi connectivity index (χ2n) is 3.96. The van der Waals surface area contributed by atoms with Gasteiger partial charge in [-0.2, -0.15) is 0 Å². The molecule has 0 unspecified atom stereocenters. The number of benzene rings is 1. The Bertz CT molecular complexity index is 347. The van der Waals surface area contributed by atoms with Crippen LogP contribution < -0.4 is 5.73 Å². The molecule has 1 aliphatic rings. The third kappa shape index (κ3) is 1.49. The maximum atomic E-state index is 9.83. The summed E-state index contributed by atoms with van der Waals surface area (Å²) in [5.41, 5.74) is 6.65. The van der Waals surface area contributed by atoms with E-state index in [4.69, 9.17) is 17.3 Å². The highest BCUT2D eigenvalue weighted by Gasteiger charge is 2.45. The van der Waals surface area contributed by atoms with E-state index in [1.807, 2.05) is 12.1 Å². The number of aromatic hydroxyl groups is 1. The highest BCUT2D eigenvalue weighted by atomic mass is 35.5. The van der Waals surface area contributed by atoms with Gasteiger partial charge in [0.1, 0.15) is 5.75 Å². The third-order valence-corrected chi connectivity index (χ3v) is 3.34. The number of rotatable bonds is 3. The first-order valence-electron chi connectivity index (χ1n) is 4.88. The first-order valence-corrected chi connectivity index (χ1v) is 5.25. The Balaban J connectivity index is 2.37. The standard InChI is InChI=1S/C11H14ClNO/c12-9-3-1-2-8(10(9)14)11(4-5-11)6-7-13/h1-3,14H,4-7,13H2. The molecule has 0 amide bonds. The molecule has 0 heterocycles. The van der Waals surface area contributed by atoms with Crippen molar-refractivity contribution in [3.8, 4) is 5.75 Å². The van der Waals surface area contributed by atoms with Gasteiger partial charge in [0.15, 0.2) is 0 Å². The van der Waals surface area contributed by atoms with E-state index in [1.165, 1.54) is 0 Å². The van der Waals surface area contributed by atoms with Crippen LogP contribution in [-0.4, -0.2) is 11.7 Å². The zero-order valence-corrected chi connectivity index (χ0v) is 8.72. The number of para-hydroxylation sites is 1. The summed E-state index contributed by atoms with van der Waals surface area (Å²) in [6.45, 7) is 0.659. The largest absolute Gasteiger partial charge is 0.506 e. The Morgan fingerprint density at radius 2 is 2.14 bits per heavy atom. The fourth-order valence-electron chi connectivity index (χ4n) is 2.02. The molecule has 1 fully saturated rings. The monoisotopic (exact) mass is 211 g/mol. The summed E-state index contributed by atoms with van der Waals surface area (Å²) in [6.07, 6.45) is 3.15. The zero-order chi connectivity index (χ0) is 10.2. The quantitative estimate of drug-likeness (QED) is 0.807. The van der Waals surface area contributed by atoms with Crippen molar-refractivity contribution in [1.29, 1.82) is 0 Å². The minimum absolute atomic E-state index is 0.115. The second kappa shape index (κ2) is 3.44. The molecule has 0 aliphatic heterocycles. The van der Waals surface area contributed by atoms with E-state index in [0.717, 1.165) is 24.8 Å². The molecule has 3 heteroatoms. The van der Waals surface area contributed by atoms with Crippen LogP contribution in [0.5, 0.6) is 5.75 Å². The number of nitrogens with two attached hydrogens (primary N) is 1. The summed E-state index contributed by atoms with van der Waals surface area (Å²) in [5.74, 6) is 0.236. The van der Waals surface area contributed by atoms with Crippen LogP contribution in [-0.2, 0) is 5.41 Å². The van der Waals surface area contributed by atoms with Gasteiger partial charge in [-0.25, -0.2) is 0 Å². The highest BCUT2D eigenvalue weighted by molar-refractivity contribution is 6.32. The number of hydrogen-bond acceptors (Lipinski definition) is 2. The molecular weight excluding hydrogens is 198 g/mol. The van der Waals surface area contributed by atoms with Crippen LogP contribution in [0.1, 0.15) is 24.8 Å². The van der Waals surface area contributed by atoms with Gasteiger partial charge in [0.2, 0.25) is 0 Å². The molecule has 0 radical (unpaired) electrons. The maximum absolute atomic E-state index is 9.83.